The van der Waals surface area contributed by atoms with Gasteiger partial charge in [-0.2, -0.15) is 0 Å². The first kappa shape index (κ1) is 12.9. The van der Waals surface area contributed by atoms with Gasteiger partial charge in [-0.25, -0.2) is 13.9 Å². The summed E-state index contributed by atoms with van der Waals surface area (Å²) in [6.45, 7) is 5.94. The Bertz CT molecular complexity index is 606. The van der Waals surface area contributed by atoms with E-state index >= 15 is 0 Å². The normalized spacial score (nSPS) is 10.2. The van der Waals surface area contributed by atoms with Crippen molar-refractivity contribution in [3.63, 3.8) is 0 Å². The molecule has 0 aliphatic carbocycles. The molecule has 0 spiro atoms. The van der Waals surface area contributed by atoms with Crippen LogP contribution < -0.4 is 4.74 Å². The van der Waals surface area contributed by atoms with Gasteiger partial charge in [0.15, 0.2) is 5.82 Å². The molecule has 0 bridgehead atoms. The Morgan fingerprint density at radius 2 is 2.11 bits per heavy atom. The highest BCUT2D eigenvalue weighted by atomic mass is 19.1. The van der Waals surface area contributed by atoms with Crippen molar-refractivity contribution in [3.8, 4) is 5.75 Å². The van der Waals surface area contributed by atoms with Crippen LogP contribution in [0.4, 0.5) is 4.39 Å². The van der Waals surface area contributed by atoms with E-state index in [1.54, 1.807) is 0 Å². The van der Waals surface area contributed by atoms with Gasteiger partial charge in [0.25, 0.3) is 0 Å². The average Bonchev–Trinajstić information content (AvgIpc) is 2.88. The molecule has 98 valence electrons. The molecule has 0 amide bonds. The number of rotatable bonds is 4. The molecule has 0 saturated carbocycles. The lowest BCUT2D eigenvalue weighted by Crippen LogP contribution is -2.14. The molecule has 2 rings (SSSR count). The van der Waals surface area contributed by atoms with Gasteiger partial charge in [0, 0.05) is 6.54 Å². The number of nitrogens with zero attached hydrogens (tertiary/aromatic N) is 4. The van der Waals surface area contributed by atoms with Gasteiger partial charge in [-0.1, -0.05) is 6.58 Å². The number of aromatic nitrogens is 4. The molecule has 0 aliphatic heterocycles. The molecule has 0 N–H and O–H groups in total. The highest BCUT2D eigenvalue weighted by molar-refractivity contribution is 6.15. The van der Waals surface area contributed by atoms with Crippen molar-refractivity contribution < 1.29 is 13.9 Å². The summed E-state index contributed by atoms with van der Waals surface area (Å²) in [5, 5.41) is 10.9. The number of tetrazole rings is 1. The number of hydrogen-bond acceptors (Lipinski definition) is 5. The second-order valence-corrected chi connectivity index (χ2v) is 3.64. The summed E-state index contributed by atoms with van der Waals surface area (Å²) in [6.07, 6.45) is 0. The van der Waals surface area contributed by atoms with Crippen LogP contribution in [-0.2, 0) is 11.3 Å². The van der Waals surface area contributed by atoms with Gasteiger partial charge < -0.3 is 4.74 Å². The molecule has 1 aromatic heterocycles. The highest BCUT2D eigenvalue weighted by Gasteiger charge is 2.18. The van der Waals surface area contributed by atoms with Gasteiger partial charge >= 0.3 is 5.97 Å². The van der Waals surface area contributed by atoms with Crippen molar-refractivity contribution in [2.45, 2.75) is 13.5 Å². The lowest BCUT2D eigenvalue weighted by molar-refractivity contribution is -0.127. The second-order valence-electron chi connectivity index (χ2n) is 3.64. The molecule has 1 aromatic carbocycles. The van der Waals surface area contributed by atoms with Crippen LogP contribution in [0.1, 0.15) is 12.7 Å². The molecule has 0 unspecified atom stereocenters. The first-order valence-corrected chi connectivity index (χ1v) is 5.55. The van der Waals surface area contributed by atoms with Crippen LogP contribution in [0, 0.1) is 5.82 Å². The van der Waals surface area contributed by atoms with Crippen LogP contribution in [0.25, 0.3) is 5.57 Å². The van der Waals surface area contributed by atoms with Gasteiger partial charge in [0.1, 0.15) is 11.6 Å². The second kappa shape index (κ2) is 5.38. The van der Waals surface area contributed by atoms with E-state index in [-0.39, 0.29) is 17.1 Å². The Morgan fingerprint density at radius 3 is 2.74 bits per heavy atom. The Morgan fingerprint density at radius 1 is 1.42 bits per heavy atom. The maximum Gasteiger partial charge on any atom is 0.346 e. The topological polar surface area (TPSA) is 69.9 Å². The van der Waals surface area contributed by atoms with Crippen molar-refractivity contribution in [1.82, 2.24) is 20.2 Å². The predicted molar refractivity (Wildman–Crippen MR) is 64.6 cm³/mol. The molecule has 0 fully saturated rings. The fourth-order valence-corrected chi connectivity index (χ4v) is 1.40. The third kappa shape index (κ3) is 2.82. The number of carbonyl (C=O) groups is 1. The first-order valence-electron chi connectivity index (χ1n) is 5.55. The minimum Gasteiger partial charge on any atom is -0.423 e. The standard InChI is InChI=1S/C12H11FN4O2/c1-3-17-11(14-15-16-17)8(2)12(18)19-10-6-4-9(13)5-7-10/h4-7H,2-3H2,1H3. The zero-order chi connectivity index (χ0) is 13.8. The molecule has 1 heterocycles. The van der Waals surface area contributed by atoms with Crippen LogP contribution in [0.2, 0.25) is 0 Å². The summed E-state index contributed by atoms with van der Waals surface area (Å²) in [7, 11) is 0. The van der Waals surface area contributed by atoms with Gasteiger partial charge in [-0.15, -0.1) is 5.10 Å². The van der Waals surface area contributed by atoms with Crippen LogP contribution in [-0.4, -0.2) is 26.2 Å². The fourth-order valence-electron chi connectivity index (χ4n) is 1.40. The van der Waals surface area contributed by atoms with Crippen LogP contribution >= 0.6 is 0 Å². The number of carbonyl (C=O) groups excluding carboxylic acids is 1. The predicted octanol–water partition coefficient (Wildman–Crippen LogP) is 1.45. The van der Waals surface area contributed by atoms with Crippen LogP contribution in [0.5, 0.6) is 5.75 Å². The summed E-state index contributed by atoms with van der Waals surface area (Å²) in [6, 6.07) is 5.09. The Kier molecular flexibility index (Phi) is 3.65. The number of esters is 1. The third-order valence-corrected chi connectivity index (χ3v) is 2.37. The Hall–Kier alpha value is -2.57. The van der Waals surface area contributed by atoms with Crippen molar-refractivity contribution >= 4 is 11.5 Å². The smallest absolute Gasteiger partial charge is 0.346 e. The quantitative estimate of drug-likeness (QED) is 0.474. The van der Waals surface area contributed by atoms with Gasteiger partial charge in [-0.05, 0) is 41.6 Å². The number of ether oxygens (including phenoxy) is 1. The number of halogens is 1. The maximum atomic E-state index is 12.7. The number of hydrogen-bond donors (Lipinski definition) is 0. The number of benzene rings is 1. The molecule has 19 heavy (non-hydrogen) atoms. The Balaban J connectivity index is 2.12. The van der Waals surface area contributed by atoms with E-state index in [0.717, 1.165) is 0 Å². The van der Waals surface area contributed by atoms with Gasteiger partial charge in [-0.3, -0.25) is 0 Å². The number of aryl methyl sites for hydroxylation is 1. The molecule has 6 nitrogen and oxygen atoms in total. The summed E-state index contributed by atoms with van der Waals surface area (Å²) in [5.74, 6) is -0.623. The molecular formula is C12H11FN4O2. The van der Waals surface area contributed by atoms with E-state index < -0.39 is 11.8 Å². The average molecular weight is 262 g/mol. The minimum atomic E-state index is -0.684. The summed E-state index contributed by atoms with van der Waals surface area (Å²) in [5.41, 5.74) is 0.0381. The van der Waals surface area contributed by atoms with E-state index in [2.05, 4.69) is 22.1 Å². The molecule has 0 aliphatic rings. The van der Waals surface area contributed by atoms with Crippen molar-refractivity contribution in [2.24, 2.45) is 0 Å². The zero-order valence-electron chi connectivity index (χ0n) is 10.2. The van der Waals surface area contributed by atoms with E-state index in [4.69, 9.17) is 4.74 Å². The van der Waals surface area contributed by atoms with Crippen molar-refractivity contribution in [2.75, 3.05) is 0 Å². The molecule has 2 aromatic rings. The molecule has 7 heteroatoms. The maximum absolute atomic E-state index is 12.7. The van der Waals surface area contributed by atoms with E-state index in [9.17, 15) is 9.18 Å². The largest absolute Gasteiger partial charge is 0.423 e. The zero-order valence-corrected chi connectivity index (χ0v) is 10.2. The lowest BCUT2D eigenvalue weighted by atomic mass is 10.3. The van der Waals surface area contributed by atoms with Crippen LogP contribution in [0.15, 0.2) is 30.8 Å². The van der Waals surface area contributed by atoms with Crippen LogP contribution in [0.3, 0.4) is 0 Å². The summed E-state index contributed by atoms with van der Waals surface area (Å²) in [4.78, 5) is 11.8. The first-order chi connectivity index (χ1) is 9.11. The van der Waals surface area contributed by atoms with E-state index in [0.29, 0.717) is 6.54 Å². The highest BCUT2D eigenvalue weighted by Crippen LogP contribution is 2.16. The van der Waals surface area contributed by atoms with Gasteiger partial charge in [0.2, 0.25) is 0 Å². The molecular weight excluding hydrogens is 251 g/mol. The molecule has 0 atom stereocenters. The minimum absolute atomic E-state index is 0.0381. The summed E-state index contributed by atoms with van der Waals surface area (Å²) < 4.78 is 19.2. The fraction of sp³-hybridized carbons (Fsp3) is 0.167. The van der Waals surface area contributed by atoms with E-state index in [1.165, 1.54) is 28.9 Å². The van der Waals surface area contributed by atoms with Crippen molar-refractivity contribution in [1.29, 1.82) is 0 Å². The third-order valence-electron chi connectivity index (χ3n) is 2.37. The SMILES string of the molecule is C=C(C(=O)Oc1ccc(F)cc1)c1nnnn1CC. The van der Waals surface area contributed by atoms with E-state index in [1.807, 2.05) is 6.92 Å². The molecule has 0 saturated heterocycles. The molecule has 0 radical (unpaired) electrons. The lowest BCUT2D eigenvalue weighted by Gasteiger charge is -2.06. The monoisotopic (exact) mass is 262 g/mol. The Labute approximate surface area is 108 Å². The van der Waals surface area contributed by atoms with Crippen molar-refractivity contribution in [3.05, 3.63) is 42.5 Å². The summed E-state index contributed by atoms with van der Waals surface area (Å²) >= 11 is 0. The van der Waals surface area contributed by atoms with Gasteiger partial charge in [0.05, 0.1) is 5.57 Å².